The lowest BCUT2D eigenvalue weighted by atomic mass is 10.1. The van der Waals surface area contributed by atoms with Gasteiger partial charge in [-0.3, -0.25) is 4.99 Å². The summed E-state index contributed by atoms with van der Waals surface area (Å²) in [5, 5.41) is 6.40. The number of halogens is 1. The zero-order chi connectivity index (χ0) is 19.2. The normalized spacial score (nSPS) is 11.8. The Morgan fingerprint density at radius 2 is 2.04 bits per heavy atom. The van der Waals surface area contributed by atoms with Gasteiger partial charge in [0.05, 0.1) is 23.0 Å². The summed E-state index contributed by atoms with van der Waals surface area (Å²) in [7, 11) is 1.84. The summed E-state index contributed by atoms with van der Waals surface area (Å²) in [6.07, 6.45) is 0. The number of thiazole rings is 1. The molecule has 0 amide bonds. The van der Waals surface area contributed by atoms with Gasteiger partial charge in [0.25, 0.3) is 0 Å². The van der Waals surface area contributed by atoms with Crippen molar-refractivity contribution in [1.82, 2.24) is 19.9 Å². The molecule has 0 aliphatic heterocycles. The van der Waals surface area contributed by atoms with Crippen LogP contribution in [0.1, 0.15) is 21.8 Å². The summed E-state index contributed by atoms with van der Waals surface area (Å²) in [4.78, 5) is 10.8. The van der Waals surface area contributed by atoms with Crippen LogP contribution in [0.5, 0.6) is 0 Å². The first-order chi connectivity index (χ1) is 12.3. The number of aliphatic imine (C=N–C) groups is 1. The SMILES string of the molecule is CN=C(NCc1cccc(CS(=O)(=O)NC)c1)N(C)Cc1csc(C)n1.I. The Morgan fingerprint density at radius 1 is 1.33 bits per heavy atom. The summed E-state index contributed by atoms with van der Waals surface area (Å²) >= 11 is 1.63. The van der Waals surface area contributed by atoms with Gasteiger partial charge in [-0.1, -0.05) is 24.3 Å². The Hall–Kier alpha value is -1.24. The van der Waals surface area contributed by atoms with Gasteiger partial charge in [0, 0.05) is 26.0 Å². The van der Waals surface area contributed by atoms with Crippen LogP contribution in [0.25, 0.3) is 0 Å². The second-order valence-corrected chi connectivity index (χ2v) is 8.89. The molecular formula is C17H26IN5O2S2. The molecule has 1 aromatic carbocycles. The van der Waals surface area contributed by atoms with Crippen molar-refractivity contribution in [2.24, 2.45) is 4.99 Å². The number of nitrogens with one attached hydrogen (secondary N) is 2. The van der Waals surface area contributed by atoms with E-state index in [9.17, 15) is 8.42 Å². The molecule has 0 fully saturated rings. The van der Waals surface area contributed by atoms with Crippen LogP contribution in [0.15, 0.2) is 34.6 Å². The minimum atomic E-state index is -3.28. The summed E-state index contributed by atoms with van der Waals surface area (Å²) in [6, 6.07) is 7.52. The number of aryl methyl sites for hydroxylation is 1. The molecule has 27 heavy (non-hydrogen) atoms. The van der Waals surface area contributed by atoms with E-state index < -0.39 is 10.0 Å². The van der Waals surface area contributed by atoms with Crippen LogP contribution in [0.3, 0.4) is 0 Å². The van der Waals surface area contributed by atoms with Crippen molar-refractivity contribution in [3.05, 3.63) is 51.5 Å². The Morgan fingerprint density at radius 3 is 2.63 bits per heavy atom. The second-order valence-electron chi connectivity index (χ2n) is 5.90. The maximum absolute atomic E-state index is 11.7. The van der Waals surface area contributed by atoms with Gasteiger partial charge in [-0.15, -0.1) is 35.3 Å². The zero-order valence-corrected chi connectivity index (χ0v) is 19.9. The largest absolute Gasteiger partial charge is 0.352 e. The average Bonchev–Trinajstić information content (AvgIpc) is 3.00. The standard InChI is InChI=1S/C17H25N5O2S2.HI/c1-13-21-16(11-25-13)10-22(4)17(18-2)20-9-14-6-5-7-15(8-14)12-26(23,24)19-3;/h5-8,11,19H,9-10,12H2,1-4H3,(H,18,20);1H. The van der Waals surface area contributed by atoms with E-state index in [1.165, 1.54) is 7.05 Å². The molecule has 1 heterocycles. The van der Waals surface area contributed by atoms with Crippen molar-refractivity contribution >= 4 is 51.3 Å². The van der Waals surface area contributed by atoms with Crippen molar-refractivity contribution in [2.45, 2.75) is 25.8 Å². The summed E-state index contributed by atoms with van der Waals surface area (Å²) in [6.45, 7) is 3.22. The second kappa shape index (κ2) is 10.9. The Labute approximate surface area is 182 Å². The van der Waals surface area contributed by atoms with Crippen LogP contribution < -0.4 is 10.0 Å². The van der Waals surface area contributed by atoms with Gasteiger partial charge in [-0.2, -0.15) is 0 Å². The molecule has 0 bridgehead atoms. The van der Waals surface area contributed by atoms with Gasteiger partial charge in [-0.25, -0.2) is 18.1 Å². The molecule has 1 aromatic heterocycles. The lowest BCUT2D eigenvalue weighted by molar-refractivity contribution is 0.470. The molecular weight excluding hydrogens is 497 g/mol. The fourth-order valence-electron chi connectivity index (χ4n) is 2.49. The topological polar surface area (TPSA) is 86.7 Å². The smallest absolute Gasteiger partial charge is 0.215 e. The van der Waals surface area contributed by atoms with Crippen molar-refractivity contribution in [3.8, 4) is 0 Å². The third kappa shape index (κ3) is 7.72. The molecule has 10 heteroatoms. The van der Waals surface area contributed by atoms with Crippen LogP contribution in [0, 0.1) is 6.92 Å². The summed E-state index contributed by atoms with van der Waals surface area (Å²) in [5.41, 5.74) is 2.75. The Bertz CT molecular complexity index is 868. The first-order valence-electron chi connectivity index (χ1n) is 8.15. The molecule has 0 aliphatic rings. The maximum Gasteiger partial charge on any atom is 0.215 e. The number of guanidine groups is 1. The minimum Gasteiger partial charge on any atom is -0.352 e. The predicted molar refractivity (Wildman–Crippen MR) is 122 cm³/mol. The molecule has 0 unspecified atom stereocenters. The van der Waals surface area contributed by atoms with Crippen molar-refractivity contribution in [1.29, 1.82) is 0 Å². The number of rotatable bonds is 7. The van der Waals surface area contributed by atoms with Gasteiger partial charge in [-0.05, 0) is 25.1 Å². The highest BCUT2D eigenvalue weighted by molar-refractivity contribution is 14.0. The van der Waals surface area contributed by atoms with Crippen LogP contribution >= 0.6 is 35.3 Å². The number of sulfonamides is 1. The van der Waals surface area contributed by atoms with E-state index in [-0.39, 0.29) is 29.7 Å². The van der Waals surface area contributed by atoms with E-state index in [1.54, 1.807) is 18.4 Å². The van der Waals surface area contributed by atoms with Gasteiger partial charge < -0.3 is 10.2 Å². The van der Waals surface area contributed by atoms with Crippen LogP contribution in [-0.4, -0.2) is 45.4 Å². The third-order valence-electron chi connectivity index (χ3n) is 3.75. The maximum atomic E-state index is 11.7. The van der Waals surface area contributed by atoms with E-state index in [0.29, 0.717) is 13.1 Å². The first-order valence-corrected chi connectivity index (χ1v) is 10.7. The van der Waals surface area contributed by atoms with Crippen LogP contribution in [-0.2, 0) is 28.9 Å². The lowest BCUT2D eigenvalue weighted by Crippen LogP contribution is -2.38. The molecule has 7 nitrogen and oxygen atoms in total. The summed E-state index contributed by atoms with van der Waals surface area (Å²) < 4.78 is 25.7. The van der Waals surface area contributed by atoms with E-state index in [1.807, 2.05) is 48.5 Å². The Kier molecular flexibility index (Phi) is 9.63. The Balaban J connectivity index is 0.00000364. The summed E-state index contributed by atoms with van der Waals surface area (Å²) in [5.74, 6) is 0.721. The average molecular weight is 523 g/mol. The molecule has 0 spiro atoms. The highest BCUT2D eigenvalue weighted by Crippen LogP contribution is 2.11. The number of hydrogen-bond donors (Lipinski definition) is 2. The molecule has 150 valence electrons. The van der Waals surface area contributed by atoms with Crippen molar-refractivity contribution < 1.29 is 8.42 Å². The molecule has 0 saturated carbocycles. The van der Waals surface area contributed by atoms with Gasteiger partial charge in [0.15, 0.2) is 5.96 Å². The number of aromatic nitrogens is 1. The van der Waals surface area contributed by atoms with Crippen molar-refractivity contribution in [2.75, 3.05) is 21.1 Å². The van der Waals surface area contributed by atoms with Crippen LogP contribution in [0.4, 0.5) is 0 Å². The van der Waals surface area contributed by atoms with Crippen LogP contribution in [0.2, 0.25) is 0 Å². The number of benzene rings is 1. The van der Waals surface area contributed by atoms with Gasteiger partial charge in [0.1, 0.15) is 0 Å². The fraction of sp³-hybridized carbons (Fsp3) is 0.412. The first kappa shape index (κ1) is 23.8. The molecule has 2 rings (SSSR count). The minimum absolute atomic E-state index is 0. The molecule has 0 atom stereocenters. The van der Waals surface area contributed by atoms with E-state index in [0.717, 1.165) is 27.8 Å². The van der Waals surface area contributed by atoms with Gasteiger partial charge in [0.2, 0.25) is 10.0 Å². The van der Waals surface area contributed by atoms with E-state index >= 15 is 0 Å². The highest BCUT2D eigenvalue weighted by atomic mass is 127. The van der Waals surface area contributed by atoms with Gasteiger partial charge >= 0.3 is 0 Å². The molecule has 0 radical (unpaired) electrons. The third-order valence-corrected chi connectivity index (χ3v) is 5.91. The number of nitrogens with zero attached hydrogens (tertiary/aromatic N) is 3. The lowest BCUT2D eigenvalue weighted by Gasteiger charge is -2.21. The number of hydrogen-bond acceptors (Lipinski definition) is 5. The zero-order valence-electron chi connectivity index (χ0n) is 15.9. The van der Waals surface area contributed by atoms with E-state index in [4.69, 9.17) is 0 Å². The predicted octanol–water partition coefficient (Wildman–Crippen LogP) is 2.33. The molecule has 0 aliphatic carbocycles. The highest BCUT2D eigenvalue weighted by Gasteiger charge is 2.11. The molecule has 0 saturated heterocycles. The molecule has 2 aromatic rings. The quantitative estimate of drug-likeness (QED) is 0.331. The molecule has 2 N–H and O–H groups in total. The van der Waals surface area contributed by atoms with Crippen molar-refractivity contribution in [3.63, 3.8) is 0 Å². The fourth-order valence-corrected chi connectivity index (χ4v) is 3.85. The monoisotopic (exact) mass is 523 g/mol. The van der Waals surface area contributed by atoms with E-state index in [2.05, 4.69) is 20.0 Å².